The van der Waals surface area contributed by atoms with Crippen LogP contribution in [0.15, 0.2) is 40.3 Å². The van der Waals surface area contributed by atoms with Crippen molar-refractivity contribution in [1.29, 1.82) is 0 Å². The lowest BCUT2D eigenvalue weighted by Gasteiger charge is -2.34. The summed E-state index contributed by atoms with van der Waals surface area (Å²) in [5.41, 5.74) is 1.55. The molecule has 1 N–H and O–H groups in total. The predicted molar refractivity (Wildman–Crippen MR) is 99.5 cm³/mol. The molecule has 2 aliphatic rings. The van der Waals surface area contributed by atoms with Crippen LogP contribution < -0.4 is 5.32 Å². The molecule has 0 aromatic heterocycles. The van der Waals surface area contributed by atoms with E-state index in [1.807, 2.05) is 0 Å². The summed E-state index contributed by atoms with van der Waals surface area (Å²) in [5.74, 6) is -0.481. The zero-order valence-electron chi connectivity index (χ0n) is 14.9. The quantitative estimate of drug-likeness (QED) is 0.644. The number of benzene rings is 1. The number of carbonyl (C=O) groups is 2. The molecule has 25 heavy (non-hydrogen) atoms. The lowest BCUT2D eigenvalue weighted by molar-refractivity contribution is -0.149. The molecule has 0 unspecified atom stereocenters. The summed E-state index contributed by atoms with van der Waals surface area (Å²) < 4.78 is 5.65. The molecule has 1 amide bonds. The molecule has 1 aromatic carbocycles. The molecule has 0 radical (unpaired) electrons. The van der Waals surface area contributed by atoms with E-state index in [4.69, 9.17) is 4.74 Å². The number of rotatable bonds is 5. The summed E-state index contributed by atoms with van der Waals surface area (Å²) in [7, 11) is 0. The van der Waals surface area contributed by atoms with Gasteiger partial charge in [-0.05, 0) is 63.0 Å². The van der Waals surface area contributed by atoms with Gasteiger partial charge in [-0.25, -0.2) is 4.79 Å². The number of thioether (sulfide) groups is 1. The minimum absolute atomic E-state index is 0.147. The fourth-order valence-electron chi connectivity index (χ4n) is 3.80. The third-order valence-electron chi connectivity index (χ3n) is 5.17. The Morgan fingerprint density at radius 3 is 2.52 bits per heavy atom. The van der Waals surface area contributed by atoms with Gasteiger partial charge in [-0.15, -0.1) is 11.8 Å². The average molecular weight is 359 g/mol. The summed E-state index contributed by atoms with van der Waals surface area (Å²) in [4.78, 5) is 26.0. The Labute approximate surface area is 153 Å². The van der Waals surface area contributed by atoms with Crippen LogP contribution in [0.5, 0.6) is 0 Å². The highest BCUT2D eigenvalue weighted by Gasteiger charge is 2.49. The molecule has 5 heteroatoms. The maximum absolute atomic E-state index is 12.8. The lowest BCUT2D eigenvalue weighted by Crippen LogP contribution is -2.41. The zero-order valence-corrected chi connectivity index (χ0v) is 15.7. The Bertz CT molecular complexity index is 687. The van der Waals surface area contributed by atoms with Crippen LogP contribution in [0.3, 0.4) is 0 Å². The summed E-state index contributed by atoms with van der Waals surface area (Å²) in [6, 6.07) is 8.37. The third kappa shape index (κ3) is 3.76. The molecule has 1 heterocycles. The normalized spacial score (nSPS) is 19.2. The fourth-order valence-corrected chi connectivity index (χ4v) is 4.21. The number of amides is 1. The maximum atomic E-state index is 12.8. The molecule has 1 aliphatic carbocycles. The first kappa shape index (κ1) is 18.1. The molecule has 0 saturated heterocycles. The second kappa shape index (κ2) is 7.65. The molecule has 4 nitrogen and oxygen atoms in total. The van der Waals surface area contributed by atoms with Gasteiger partial charge in [0, 0.05) is 17.0 Å². The van der Waals surface area contributed by atoms with Crippen molar-refractivity contribution in [3.63, 3.8) is 0 Å². The molecule has 1 aromatic rings. The van der Waals surface area contributed by atoms with E-state index in [1.165, 1.54) is 10.5 Å². The van der Waals surface area contributed by atoms with Gasteiger partial charge in [0.2, 0.25) is 0 Å². The van der Waals surface area contributed by atoms with Crippen molar-refractivity contribution in [2.45, 2.75) is 55.9 Å². The molecule has 1 saturated carbocycles. The molecule has 0 atom stereocenters. The van der Waals surface area contributed by atoms with Crippen LogP contribution in [0.1, 0.15) is 44.6 Å². The number of hydrogen-bond donors (Lipinski definition) is 1. The van der Waals surface area contributed by atoms with Gasteiger partial charge in [0.25, 0.3) is 5.91 Å². The Morgan fingerprint density at radius 2 is 1.88 bits per heavy atom. The first-order chi connectivity index (χ1) is 12.1. The van der Waals surface area contributed by atoms with Gasteiger partial charge in [0.1, 0.15) is 5.60 Å². The standard InChI is InChI=1S/C20H25NO3S/c1-14-17(20(24-19(14)23)11-4-3-5-12-20)18(22)21-13-10-15-6-8-16(25-2)9-7-15/h6-9H,3-5,10-13H2,1-2H3,(H,21,22). The summed E-state index contributed by atoms with van der Waals surface area (Å²) in [6.07, 6.45) is 7.48. The fraction of sp³-hybridized carbons (Fsp3) is 0.500. The minimum atomic E-state index is -0.677. The molecule has 0 bridgehead atoms. The van der Waals surface area contributed by atoms with Gasteiger partial charge in [-0.1, -0.05) is 18.6 Å². The van der Waals surface area contributed by atoms with Crippen LogP contribution in [0.4, 0.5) is 0 Å². The van der Waals surface area contributed by atoms with E-state index in [1.54, 1.807) is 18.7 Å². The second-order valence-corrected chi connectivity index (χ2v) is 7.68. The highest BCUT2D eigenvalue weighted by molar-refractivity contribution is 7.98. The molecule has 1 spiro atoms. The van der Waals surface area contributed by atoms with Gasteiger partial charge in [0.15, 0.2) is 0 Å². The number of nitrogens with one attached hydrogen (secondary N) is 1. The van der Waals surface area contributed by atoms with Crippen molar-refractivity contribution >= 4 is 23.6 Å². The highest BCUT2D eigenvalue weighted by atomic mass is 32.2. The second-order valence-electron chi connectivity index (χ2n) is 6.80. The Kier molecular flexibility index (Phi) is 5.52. The number of ether oxygens (including phenoxy) is 1. The lowest BCUT2D eigenvalue weighted by atomic mass is 9.78. The third-order valence-corrected chi connectivity index (χ3v) is 5.92. The van der Waals surface area contributed by atoms with Gasteiger partial charge >= 0.3 is 5.97 Å². The van der Waals surface area contributed by atoms with Crippen molar-refractivity contribution < 1.29 is 14.3 Å². The molecular formula is C20H25NO3S. The molecule has 1 aliphatic heterocycles. The van der Waals surface area contributed by atoms with Crippen LogP contribution in [0.25, 0.3) is 0 Å². The van der Waals surface area contributed by atoms with E-state index < -0.39 is 5.60 Å². The number of esters is 1. The van der Waals surface area contributed by atoms with Crippen molar-refractivity contribution in [2.24, 2.45) is 0 Å². The van der Waals surface area contributed by atoms with Crippen molar-refractivity contribution in [1.82, 2.24) is 5.32 Å². The van der Waals surface area contributed by atoms with E-state index in [0.717, 1.165) is 38.5 Å². The Hall–Kier alpha value is -1.75. The first-order valence-corrected chi connectivity index (χ1v) is 10.1. The maximum Gasteiger partial charge on any atom is 0.335 e. The topological polar surface area (TPSA) is 55.4 Å². The summed E-state index contributed by atoms with van der Waals surface area (Å²) >= 11 is 1.71. The van der Waals surface area contributed by atoms with Crippen LogP contribution >= 0.6 is 11.8 Å². The molecular weight excluding hydrogens is 334 g/mol. The van der Waals surface area contributed by atoms with E-state index in [2.05, 4.69) is 35.8 Å². The summed E-state index contributed by atoms with van der Waals surface area (Å²) in [6.45, 7) is 2.26. The van der Waals surface area contributed by atoms with Crippen LogP contribution in [-0.2, 0) is 20.7 Å². The predicted octanol–water partition coefficient (Wildman–Crippen LogP) is 3.64. The molecule has 3 rings (SSSR count). The Morgan fingerprint density at radius 1 is 1.20 bits per heavy atom. The van der Waals surface area contributed by atoms with E-state index in [0.29, 0.717) is 17.7 Å². The van der Waals surface area contributed by atoms with E-state index >= 15 is 0 Å². The van der Waals surface area contributed by atoms with Crippen molar-refractivity contribution in [2.75, 3.05) is 12.8 Å². The molecule has 134 valence electrons. The Balaban J connectivity index is 1.63. The summed E-state index contributed by atoms with van der Waals surface area (Å²) in [5, 5.41) is 2.99. The SMILES string of the molecule is CSc1ccc(CCNC(=O)C2=C(C)C(=O)OC23CCCCC3)cc1. The van der Waals surface area contributed by atoms with Crippen LogP contribution in [0.2, 0.25) is 0 Å². The van der Waals surface area contributed by atoms with E-state index in [9.17, 15) is 9.59 Å². The van der Waals surface area contributed by atoms with Gasteiger partial charge < -0.3 is 10.1 Å². The van der Waals surface area contributed by atoms with Crippen molar-refractivity contribution in [3.05, 3.63) is 41.0 Å². The number of carbonyl (C=O) groups excluding carboxylic acids is 2. The van der Waals surface area contributed by atoms with Gasteiger partial charge in [-0.3, -0.25) is 4.79 Å². The average Bonchev–Trinajstić information content (AvgIpc) is 2.86. The van der Waals surface area contributed by atoms with E-state index in [-0.39, 0.29) is 11.9 Å². The van der Waals surface area contributed by atoms with Crippen molar-refractivity contribution in [3.8, 4) is 0 Å². The number of hydrogen-bond acceptors (Lipinski definition) is 4. The molecule has 1 fully saturated rings. The monoisotopic (exact) mass is 359 g/mol. The van der Waals surface area contributed by atoms with Gasteiger partial charge in [0.05, 0.1) is 5.57 Å². The van der Waals surface area contributed by atoms with Crippen LogP contribution in [0, 0.1) is 0 Å². The zero-order chi connectivity index (χ0) is 17.9. The largest absolute Gasteiger partial charge is 0.451 e. The van der Waals surface area contributed by atoms with Gasteiger partial charge in [-0.2, -0.15) is 0 Å². The smallest absolute Gasteiger partial charge is 0.335 e. The van der Waals surface area contributed by atoms with Crippen LogP contribution in [-0.4, -0.2) is 30.3 Å². The first-order valence-electron chi connectivity index (χ1n) is 8.91. The highest BCUT2D eigenvalue weighted by Crippen LogP contribution is 2.43. The minimum Gasteiger partial charge on any atom is -0.451 e.